The fourth-order valence-electron chi connectivity index (χ4n) is 2.84. The highest BCUT2D eigenvalue weighted by Gasteiger charge is 2.07. The minimum atomic E-state index is 1.25. The summed E-state index contributed by atoms with van der Waals surface area (Å²) in [7, 11) is 0. The molecule has 0 aliphatic carbocycles. The van der Waals surface area contributed by atoms with Gasteiger partial charge in [-0.15, -0.1) is 0 Å². The van der Waals surface area contributed by atoms with Crippen molar-refractivity contribution in [3.63, 3.8) is 0 Å². The van der Waals surface area contributed by atoms with Crippen molar-refractivity contribution in [2.75, 3.05) is 39.3 Å². The maximum atomic E-state index is 2.60. The van der Waals surface area contributed by atoms with Gasteiger partial charge in [0.05, 0.1) is 0 Å². The first-order chi connectivity index (χ1) is 8.86. The lowest BCUT2D eigenvalue weighted by Crippen LogP contribution is -2.30. The van der Waals surface area contributed by atoms with E-state index < -0.39 is 0 Å². The second-order valence-electron chi connectivity index (χ2n) is 5.75. The molecule has 2 heterocycles. The third-order valence-corrected chi connectivity index (χ3v) is 4.17. The first kappa shape index (κ1) is 16.0. The van der Waals surface area contributed by atoms with Crippen molar-refractivity contribution in [3.8, 4) is 0 Å². The predicted octanol–water partition coefficient (Wildman–Crippen LogP) is 3.76. The van der Waals surface area contributed by atoms with E-state index in [1.54, 1.807) is 0 Å². The molecule has 108 valence electrons. The SMILES string of the molecule is CCCCN1CCCCC1.CCN1CCCCC1. The number of hydrogen-bond donors (Lipinski definition) is 0. The number of unbranched alkanes of at least 4 members (excludes halogenated alkanes) is 1. The second-order valence-corrected chi connectivity index (χ2v) is 5.75. The lowest BCUT2D eigenvalue weighted by molar-refractivity contribution is 0.226. The Balaban J connectivity index is 0.000000184. The maximum Gasteiger partial charge on any atom is -0.00187 e. The fraction of sp³-hybridized carbons (Fsp3) is 1.00. The molecule has 2 heteroatoms. The van der Waals surface area contributed by atoms with Gasteiger partial charge in [-0.05, 0) is 71.4 Å². The lowest BCUT2D eigenvalue weighted by atomic mass is 10.1. The lowest BCUT2D eigenvalue weighted by Gasteiger charge is -2.25. The van der Waals surface area contributed by atoms with Gasteiger partial charge in [0.15, 0.2) is 0 Å². The van der Waals surface area contributed by atoms with Gasteiger partial charge in [0.2, 0.25) is 0 Å². The van der Waals surface area contributed by atoms with Crippen molar-refractivity contribution >= 4 is 0 Å². The molecule has 0 aromatic heterocycles. The van der Waals surface area contributed by atoms with Crippen LogP contribution in [0.5, 0.6) is 0 Å². The summed E-state index contributed by atoms with van der Waals surface area (Å²) >= 11 is 0. The summed E-state index contributed by atoms with van der Waals surface area (Å²) in [4.78, 5) is 5.12. The van der Waals surface area contributed by atoms with E-state index in [9.17, 15) is 0 Å². The van der Waals surface area contributed by atoms with Crippen molar-refractivity contribution in [2.45, 2.75) is 65.2 Å². The number of rotatable bonds is 4. The zero-order chi connectivity index (χ0) is 13.1. The molecule has 18 heavy (non-hydrogen) atoms. The van der Waals surface area contributed by atoms with Gasteiger partial charge in [-0.2, -0.15) is 0 Å². The summed E-state index contributed by atoms with van der Waals surface area (Å²) in [5.41, 5.74) is 0. The molecule has 2 fully saturated rings. The molecule has 2 aliphatic heterocycles. The predicted molar refractivity (Wildman–Crippen MR) is 81.2 cm³/mol. The van der Waals surface area contributed by atoms with Crippen LogP contribution in [0.15, 0.2) is 0 Å². The molecular weight excluding hydrogens is 220 g/mol. The van der Waals surface area contributed by atoms with Crippen molar-refractivity contribution < 1.29 is 0 Å². The number of likely N-dealkylation sites (tertiary alicyclic amines) is 2. The Labute approximate surface area is 115 Å². The Morgan fingerprint density at radius 2 is 1.17 bits per heavy atom. The minimum Gasteiger partial charge on any atom is -0.304 e. The normalized spacial score (nSPS) is 22.3. The van der Waals surface area contributed by atoms with Crippen LogP contribution in [0.3, 0.4) is 0 Å². The highest BCUT2D eigenvalue weighted by Crippen LogP contribution is 2.09. The zero-order valence-electron chi connectivity index (χ0n) is 12.8. The smallest absolute Gasteiger partial charge is 0.00187 e. The molecule has 0 amide bonds. The highest BCUT2D eigenvalue weighted by molar-refractivity contribution is 4.63. The van der Waals surface area contributed by atoms with E-state index >= 15 is 0 Å². The fourth-order valence-corrected chi connectivity index (χ4v) is 2.84. The molecule has 0 N–H and O–H groups in total. The van der Waals surface area contributed by atoms with E-state index in [0.29, 0.717) is 0 Å². The van der Waals surface area contributed by atoms with E-state index in [2.05, 4.69) is 23.6 Å². The largest absolute Gasteiger partial charge is 0.304 e. The van der Waals surface area contributed by atoms with Crippen molar-refractivity contribution in [1.82, 2.24) is 9.80 Å². The summed E-state index contributed by atoms with van der Waals surface area (Å²) in [6.45, 7) is 12.5. The van der Waals surface area contributed by atoms with Crippen LogP contribution in [0.2, 0.25) is 0 Å². The third kappa shape index (κ3) is 7.38. The Morgan fingerprint density at radius 1 is 0.667 bits per heavy atom. The quantitative estimate of drug-likeness (QED) is 0.753. The molecule has 0 saturated carbocycles. The molecule has 0 bridgehead atoms. The summed E-state index contributed by atoms with van der Waals surface area (Å²) in [5.74, 6) is 0. The summed E-state index contributed by atoms with van der Waals surface area (Å²) < 4.78 is 0. The molecule has 0 atom stereocenters. The molecule has 0 aromatic rings. The van der Waals surface area contributed by atoms with Gasteiger partial charge in [0.25, 0.3) is 0 Å². The van der Waals surface area contributed by atoms with Crippen LogP contribution >= 0.6 is 0 Å². The van der Waals surface area contributed by atoms with E-state index in [-0.39, 0.29) is 0 Å². The average Bonchev–Trinajstić information content (AvgIpc) is 2.48. The average molecular weight is 254 g/mol. The van der Waals surface area contributed by atoms with Crippen LogP contribution in [0.1, 0.15) is 65.2 Å². The van der Waals surface area contributed by atoms with Crippen LogP contribution < -0.4 is 0 Å². The van der Waals surface area contributed by atoms with Gasteiger partial charge in [0, 0.05) is 0 Å². The molecule has 2 aliphatic rings. The van der Waals surface area contributed by atoms with Crippen LogP contribution in [0.25, 0.3) is 0 Å². The zero-order valence-corrected chi connectivity index (χ0v) is 12.8. The topological polar surface area (TPSA) is 6.48 Å². The van der Waals surface area contributed by atoms with Crippen LogP contribution in [-0.4, -0.2) is 49.1 Å². The monoisotopic (exact) mass is 254 g/mol. The first-order valence-corrected chi connectivity index (χ1v) is 8.31. The van der Waals surface area contributed by atoms with Crippen LogP contribution in [0.4, 0.5) is 0 Å². The summed E-state index contributed by atoms with van der Waals surface area (Å²) in [6.07, 6.45) is 11.4. The minimum absolute atomic E-state index is 1.25. The molecule has 2 nitrogen and oxygen atoms in total. The van der Waals surface area contributed by atoms with Crippen molar-refractivity contribution in [3.05, 3.63) is 0 Å². The van der Waals surface area contributed by atoms with Gasteiger partial charge in [-0.3, -0.25) is 0 Å². The Kier molecular flexibility index (Phi) is 9.59. The Hall–Kier alpha value is -0.0800. The van der Waals surface area contributed by atoms with E-state index in [0.717, 1.165) is 0 Å². The number of nitrogens with zero attached hydrogens (tertiary/aromatic N) is 2. The van der Waals surface area contributed by atoms with Gasteiger partial charge >= 0.3 is 0 Å². The van der Waals surface area contributed by atoms with E-state index in [1.807, 2.05) is 0 Å². The first-order valence-electron chi connectivity index (χ1n) is 8.31. The molecule has 0 radical (unpaired) electrons. The van der Waals surface area contributed by atoms with Gasteiger partial charge in [0.1, 0.15) is 0 Å². The number of piperidine rings is 2. The summed E-state index contributed by atoms with van der Waals surface area (Å²) in [5, 5.41) is 0. The molecule has 2 saturated heterocycles. The Morgan fingerprint density at radius 3 is 1.56 bits per heavy atom. The van der Waals surface area contributed by atoms with E-state index in [4.69, 9.17) is 0 Å². The van der Waals surface area contributed by atoms with Gasteiger partial charge < -0.3 is 9.80 Å². The van der Waals surface area contributed by atoms with Gasteiger partial charge in [-0.1, -0.05) is 33.1 Å². The highest BCUT2D eigenvalue weighted by atomic mass is 15.1. The van der Waals surface area contributed by atoms with E-state index in [1.165, 1.54) is 90.6 Å². The molecule has 0 aromatic carbocycles. The van der Waals surface area contributed by atoms with Gasteiger partial charge in [-0.25, -0.2) is 0 Å². The molecule has 2 rings (SSSR count). The van der Waals surface area contributed by atoms with Crippen molar-refractivity contribution in [2.24, 2.45) is 0 Å². The standard InChI is InChI=1S/C9H19N.C7H15N/c1-2-3-7-10-8-5-4-6-9-10;1-2-8-6-4-3-5-7-8/h2-9H2,1H3;2-7H2,1H3. The summed E-state index contributed by atoms with van der Waals surface area (Å²) in [6, 6.07) is 0. The molecule has 0 spiro atoms. The number of hydrogen-bond acceptors (Lipinski definition) is 2. The van der Waals surface area contributed by atoms with Crippen molar-refractivity contribution in [1.29, 1.82) is 0 Å². The van der Waals surface area contributed by atoms with Crippen LogP contribution in [0, 0.1) is 0 Å². The second kappa shape index (κ2) is 10.8. The van der Waals surface area contributed by atoms with Crippen LogP contribution in [-0.2, 0) is 0 Å². The molecular formula is C16H34N2. The molecule has 0 unspecified atom stereocenters. The maximum absolute atomic E-state index is 2.60. The Bertz CT molecular complexity index is 170. The third-order valence-electron chi connectivity index (χ3n) is 4.17.